The lowest BCUT2D eigenvalue weighted by molar-refractivity contribution is 0.150. The topological polar surface area (TPSA) is 29.5 Å². The smallest absolute Gasteiger partial charge is 0.114 e. The third kappa shape index (κ3) is 3.79. The minimum absolute atomic E-state index is 0.0201. The van der Waals surface area contributed by atoms with E-state index in [4.69, 9.17) is 9.84 Å². The Balaban J connectivity index is 3.39. The fraction of sp³-hybridized carbons (Fsp3) is 0.429. The molecule has 52 valence electrons. The standard InChI is InChI=1S/C7H12O2/c1-6(2)7(3)9-5-4-8/h8H,1,3-5H2,2H3. The van der Waals surface area contributed by atoms with Gasteiger partial charge in [0, 0.05) is 0 Å². The first-order valence-electron chi connectivity index (χ1n) is 2.77. The van der Waals surface area contributed by atoms with E-state index in [1.165, 1.54) is 0 Å². The van der Waals surface area contributed by atoms with Crippen LogP contribution < -0.4 is 0 Å². The Morgan fingerprint density at radius 3 is 2.44 bits per heavy atom. The first kappa shape index (κ1) is 8.24. The molecule has 0 saturated carbocycles. The largest absolute Gasteiger partial charge is 0.492 e. The summed E-state index contributed by atoms with van der Waals surface area (Å²) >= 11 is 0. The molecule has 0 atom stereocenters. The van der Waals surface area contributed by atoms with Crippen LogP contribution in [0, 0.1) is 0 Å². The van der Waals surface area contributed by atoms with E-state index < -0.39 is 0 Å². The molecule has 0 aromatic rings. The van der Waals surface area contributed by atoms with Crippen LogP contribution in [0.5, 0.6) is 0 Å². The summed E-state index contributed by atoms with van der Waals surface area (Å²) < 4.78 is 4.91. The molecule has 0 fully saturated rings. The molecule has 0 saturated heterocycles. The van der Waals surface area contributed by atoms with E-state index in [1.807, 2.05) is 0 Å². The zero-order valence-electron chi connectivity index (χ0n) is 5.68. The lowest BCUT2D eigenvalue weighted by Gasteiger charge is -2.05. The summed E-state index contributed by atoms with van der Waals surface area (Å²) in [6.45, 7) is 9.28. The van der Waals surface area contributed by atoms with Crippen LogP contribution in [-0.2, 0) is 4.74 Å². The van der Waals surface area contributed by atoms with Gasteiger partial charge in [0.2, 0.25) is 0 Å². The first-order valence-corrected chi connectivity index (χ1v) is 2.77. The van der Waals surface area contributed by atoms with Crippen LogP contribution in [0.3, 0.4) is 0 Å². The summed E-state index contributed by atoms with van der Waals surface area (Å²) in [4.78, 5) is 0. The van der Waals surface area contributed by atoms with Crippen molar-refractivity contribution in [2.45, 2.75) is 6.92 Å². The zero-order chi connectivity index (χ0) is 7.28. The predicted molar refractivity (Wildman–Crippen MR) is 37.0 cm³/mol. The lowest BCUT2D eigenvalue weighted by Crippen LogP contribution is -1.98. The maximum Gasteiger partial charge on any atom is 0.114 e. The molecule has 2 heteroatoms. The van der Waals surface area contributed by atoms with Gasteiger partial charge in [-0.05, 0) is 12.5 Å². The molecule has 0 amide bonds. The van der Waals surface area contributed by atoms with Gasteiger partial charge in [-0.1, -0.05) is 13.2 Å². The van der Waals surface area contributed by atoms with E-state index in [0.717, 1.165) is 5.57 Å². The molecule has 0 aromatic carbocycles. The van der Waals surface area contributed by atoms with E-state index in [0.29, 0.717) is 12.4 Å². The summed E-state index contributed by atoms with van der Waals surface area (Å²) in [5, 5.41) is 8.30. The molecule has 0 spiro atoms. The Morgan fingerprint density at radius 2 is 2.11 bits per heavy atom. The number of aliphatic hydroxyl groups excluding tert-OH is 1. The van der Waals surface area contributed by atoms with Crippen LogP contribution >= 0.6 is 0 Å². The number of allylic oxidation sites excluding steroid dienone is 1. The van der Waals surface area contributed by atoms with E-state index >= 15 is 0 Å². The van der Waals surface area contributed by atoms with Gasteiger partial charge in [0.25, 0.3) is 0 Å². The van der Waals surface area contributed by atoms with Gasteiger partial charge in [0.05, 0.1) is 6.61 Å². The van der Waals surface area contributed by atoms with Crippen LogP contribution in [0.25, 0.3) is 0 Å². The monoisotopic (exact) mass is 128 g/mol. The highest BCUT2D eigenvalue weighted by Gasteiger charge is 1.91. The Labute approximate surface area is 55.5 Å². The Hall–Kier alpha value is -0.760. The molecule has 0 bridgehead atoms. The van der Waals surface area contributed by atoms with Crippen molar-refractivity contribution in [3.8, 4) is 0 Å². The summed E-state index contributed by atoms with van der Waals surface area (Å²) in [6.07, 6.45) is 0. The Bertz CT molecular complexity index is 116. The van der Waals surface area contributed by atoms with Gasteiger partial charge in [0.1, 0.15) is 12.4 Å². The number of hydrogen-bond acceptors (Lipinski definition) is 2. The molecule has 9 heavy (non-hydrogen) atoms. The Morgan fingerprint density at radius 1 is 1.56 bits per heavy atom. The van der Waals surface area contributed by atoms with Crippen molar-refractivity contribution in [2.24, 2.45) is 0 Å². The average Bonchev–Trinajstić information content (AvgIpc) is 1.82. The average molecular weight is 128 g/mol. The van der Waals surface area contributed by atoms with Crippen molar-refractivity contribution >= 4 is 0 Å². The maximum atomic E-state index is 8.30. The number of rotatable bonds is 4. The first-order chi connectivity index (χ1) is 4.18. The molecule has 0 unspecified atom stereocenters. The van der Waals surface area contributed by atoms with Crippen molar-refractivity contribution in [3.05, 3.63) is 24.5 Å². The summed E-state index contributed by atoms with van der Waals surface area (Å²) in [6, 6.07) is 0. The summed E-state index contributed by atoms with van der Waals surface area (Å²) in [5.41, 5.74) is 0.795. The van der Waals surface area contributed by atoms with E-state index in [-0.39, 0.29) is 6.61 Å². The van der Waals surface area contributed by atoms with Crippen LogP contribution in [0.2, 0.25) is 0 Å². The minimum Gasteiger partial charge on any atom is -0.492 e. The van der Waals surface area contributed by atoms with Gasteiger partial charge in [-0.2, -0.15) is 0 Å². The molecular weight excluding hydrogens is 116 g/mol. The van der Waals surface area contributed by atoms with E-state index in [9.17, 15) is 0 Å². The fourth-order valence-corrected chi connectivity index (χ4v) is 0.292. The van der Waals surface area contributed by atoms with Crippen molar-refractivity contribution in [1.82, 2.24) is 0 Å². The highest BCUT2D eigenvalue weighted by molar-refractivity contribution is 5.15. The van der Waals surface area contributed by atoms with Crippen molar-refractivity contribution in [3.63, 3.8) is 0 Å². The summed E-state index contributed by atoms with van der Waals surface area (Å²) in [5.74, 6) is 0.545. The molecule has 0 aliphatic rings. The normalized spacial score (nSPS) is 8.67. The second-order valence-electron chi connectivity index (χ2n) is 1.78. The van der Waals surface area contributed by atoms with Crippen molar-refractivity contribution in [1.29, 1.82) is 0 Å². The van der Waals surface area contributed by atoms with Gasteiger partial charge in [-0.3, -0.25) is 0 Å². The zero-order valence-corrected chi connectivity index (χ0v) is 5.68. The summed E-state index contributed by atoms with van der Waals surface area (Å²) in [7, 11) is 0. The molecule has 0 aromatic heterocycles. The van der Waals surface area contributed by atoms with Crippen LogP contribution in [0.1, 0.15) is 6.92 Å². The van der Waals surface area contributed by atoms with Crippen LogP contribution in [0.15, 0.2) is 24.5 Å². The minimum atomic E-state index is 0.0201. The SMILES string of the molecule is C=C(C)C(=C)OCCO. The van der Waals surface area contributed by atoms with Crippen molar-refractivity contribution in [2.75, 3.05) is 13.2 Å². The van der Waals surface area contributed by atoms with Gasteiger partial charge in [0.15, 0.2) is 0 Å². The maximum absolute atomic E-state index is 8.30. The van der Waals surface area contributed by atoms with Crippen LogP contribution in [0.4, 0.5) is 0 Å². The third-order valence-corrected chi connectivity index (χ3v) is 0.844. The quantitative estimate of drug-likeness (QED) is 0.453. The van der Waals surface area contributed by atoms with E-state index in [1.54, 1.807) is 6.92 Å². The molecule has 2 nitrogen and oxygen atoms in total. The molecule has 0 heterocycles. The van der Waals surface area contributed by atoms with Gasteiger partial charge in [-0.15, -0.1) is 0 Å². The highest BCUT2D eigenvalue weighted by Crippen LogP contribution is 2.03. The molecule has 0 aliphatic heterocycles. The van der Waals surface area contributed by atoms with E-state index in [2.05, 4.69) is 13.2 Å². The van der Waals surface area contributed by atoms with Gasteiger partial charge < -0.3 is 9.84 Å². The fourth-order valence-electron chi connectivity index (χ4n) is 0.292. The number of ether oxygens (including phenoxy) is 1. The Kier molecular flexibility index (Phi) is 3.80. The second kappa shape index (κ2) is 4.15. The molecular formula is C7H12O2. The van der Waals surface area contributed by atoms with Crippen LogP contribution in [-0.4, -0.2) is 18.3 Å². The number of aliphatic hydroxyl groups is 1. The van der Waals surface area contributed by atoms with Gasteiger partial charge in [-0.25, -0.2) is 0 Å². The number of hydrogen-bond donors (Lipinski definition) is 1. The molecule has 0 rings (SSSR count). The molecule has 0 aliphatic carbocycles. The second-order valence-corrected chi connectivity index (χ2v) is 1.78. The van der Waals surface area contributed by atoms with Crippen molar-refractivity contribution < 1.29 is 9.84 Å². The molecule has 0 radical (unpaired) electrons. The lowest BCUT2D eigenvalue weighted by atomic mass is 10.3. The highest BCUT2D eigenvalue weighted by atomic mass is 16.5. The predicted octanol–water partition coefficient (Wildman–Crippen LogP) is 1.09. The van der Waals surface area contributed by atoms with Gasteiger partial charge >= 0.3 is 0 Å². The third-order valence-electron chi connectivity index (χ3n) is 0.844. The molecule has 1 N–H and O–H groups in total.